The second-order valence-electron chi connectivity index (χ2n) is 4.92. The van der Waals surface area contributed by atoms with E-state index in [1.165, 1.54) is 21.7 Å². The van der Waals surface area contributed by atoms with E-state index in [4.69, 9.17) is 9.72 Å². The van der Waals surface area contributed by atoms with E-state index in [0.29, 0.717) is 6.61 Å². The summed E-state index contributed by atoms with van der Waals surface area (Å²) in [6.07, 6.45) is 2.06. The lowest BCUT2D eigenvalue weighted by Crippen LogP contribution is -1.89. The number of nitrogens with zero attached hydrogens (tertiary/aromatic N) is 2. The zero-order valence-corrected chi connectivity index (χ0v) is 11.2. The fourth-order valence-electron chi connectivity index (χ4n) is 2.84. The van der Waals surface area contributed by atoms with Gasteiger partial charge in [-0.1, -0.05) is 42.5 Å². The first-order chi connectivity index (χ1) is 9.88. The number of para-hydroxylation sites is 1. The second-order valence-corrected chi connectivity index (χ2v) is 4.92. The van der Waals surface area contributed by atoms with Crippen molar-refractivity contribution in [1.29, 1.82) is 0 Å². The number of fused-ring (bicyclic) bond motifs is 6. The summed E-state index contributed by atoms with van der Waals surface area (Å²) >= 11 is 0. The second kappa shape index (κ2) is 4.32. The molecule has 0 aliphatic rings. The van der Waals surface area contributed by atoms with E-state index in [0.717, 1.165) is 11.3 Å². The molecule has 3 heteroatoms. The lowest BCUT2D eigenvalue weighted by atomic mass is 10.1. The molecule has 2 aromatic carbocycles. The van der Waals surface area contributed by atoms with Crippen LogP contribution < -0.4 is 0 Å². The van der Waals surface area contributed by atoms with Gasteiger partial charge in [0.25, 0.3) is 0 Å². The van der Waals surface area contributed by atoms with Crippen LogP contribution in [0.1, 0.15) is 5.69 Å². The van der Waals surface area contributed by atoms with Gasteiger partial charge in [0.1, 0.15) is 5.65 Å². The Morgan fingerprint density at radius 3 is 2.45 bits per heavy atom. The molecule has 0 saturated heterocycles. The number of hydrogen-bond donors (Lipinski definition) is 0. The van der Waals surface area contributed by atoms with Gasteiger partial charge in [0.05, 0.1) is 17.8 Å². The normalized spacial score (nSPS) is 11.7. The number of pyridine rings is 1. The van der Waals surface area contributed by atoms with Crippen LogP contribution in [0, 0.1) is 0 Å². The van der Waals surface area contributed by atoms with Gasteiger partial charge < -0.3 is 4.74 Å². The van der Waals surface area contributed by atoms with Gasteiger partial charge in [-0.3, -0.25) is 4.40 Å². The highest BCUT2D eigenvalue weighted by Crippen LogP contribution is 2.29. The van der Waals surface area contributed by atoms with Crippen LogP contribution in [-0.2, 0) is 11.3 Å². The minimum atomic E-state index is 0.532. The van der Waals surface area contributed by atoms with Crippen LogP contribution in [-0.4, -0.2) is 16.5 Å². The molecule has 0 aliphatic heterocycles. The maximum Gasteiger partial charge on any atom is 0.145 e. The topological polar surface area (TPSA) is 26.5 Å². The van der Waals surface area contributed by atoms with Crippen LogP contribution in [0.2, 0.25) is 0 Å². The van der Waals surface area contributed by atoms with Crippen LogP contribution in [0.4, 0.5) is 0 Å². The van der Waals surface area contributed by atoms with Crippen molar-refractivity contribution < 1.29 is 4.74 Å². The van der Waals surface area contributed by atoms with Crippen LogP contribution in [0.25, 0.3) is 27.3 Å². The van der Waals surface area contributed by atoms with Crippen LogP contribution in [0.3, 0.4) is 0 Å². The van der Waals surface area contributed by atoms with E-state index in [9.17, 15) is 0 Å². The highest BCUT2D eigenvalue weighted by atomic mass is 16.5. The van der Waals surface area contributed by atoms with E-state index in [-0.39, 0.29) is 0 Å². The summed E-state index contributed by atoms with van der Waals surface area (Å²) in [6, 6.07) is 16.8. The number of rotatable bonds is 2. The van der Waals surface area contributed by atoms with Gasteiger partial charge in [-0.2, -0.15) is 0 Å². The Bertz CT molecular complexity index is 851. The third-order valence-electron chi connectivity index (χ3n) is 3.67. The van der Waals surface area contributed by atoms with Gasteiger partial charge in [-0.05, 0) is 11.5 Å². The fourth-order valence-corrected chi connectivity index (χ4v) is 2.84. The minimum absolute atomic E-state index is 0.532. The number of hydrogen-bond acceptors (Lipinski definition) is 2. The number of imidazole rings is 1. The molecule has 0 fully saturated rings. The van der Waals surface area contributed by atoms with Crippen molar-refractivity contribution in [3.63, 3.8) is 0 Å². The molecule has 0 unspecified atom stereocenters. The Kier molecular flexibility index (Phi) is 2.47. The predicted octanol–water partition coefficient (Wildman–Crippen LogP) is 3.79. The maximum absolute atomic E-state index is 5.21. The van der Waals surface area contributed by atoms with Crippen molar-refractivity contribution in [3.05, 3.63) is 60.4 Å². The average molecular weight is 262 g/mol. The molecular formula is C17H14N2O. The first-order valence-corrected chi connectivity index (χ1v) is 6.65. The molecule has 4 rings (SSSR count). The summed E-state index contributed by atoms with van der Waals surface area (Å²) in [5.41, 5.74) is 3.12. The van der Waals surface area contributed by atoms with E-state index in [1.54, 1.807) is 7.11 Å². The number of benzene rings is 2. The van der Waals surface area contributed by atoms with Gasteiger partial charge in [-0.15, -0.1) is 0 Å². The summed E-state index contributed by atoms with van der Waals surface area (Å²) < 4.78 is 7.36. The summed E-state index contributed by atoms with van der Waals surface area (Å²) in [6.45, 7) is 0.532. The first kappa shape index (κ1) is 11.4. The maximum atomic E-state index is 5.21. The van der Waals surface area contributed by atoms with Crippen molar-refractivity contribution in [1.82, 2.24) is 9.38 Å². The van der Waals surface area contributed by atoms with Crippen molar-refractivity contribution in [2.75, 3.05) is 7.11 Å². The number of aromatic nitrogens is 2. The molecule has 20 heavy (non-hydrogen) atoms. The van der Waals surface area contributed by atoms with Crippen molar-refractivity contribution >= 4 is 27.3 Å². The Balaban J connectivity index is 2.25. The smallest absolute Gasteiger partial charge is 0.145 e. The zero-order chi connectivity index (χ0) is 13.5. The monoisotopic (exact) mass is 262 g/mol. The van der Waals surface area contributed by atoms with Crippen molar-refractivity contribution in [2.45, 2.75) is 6.61 Å². The Hall–Kier alpha value is -2.39. The molecule has 3 nitrogen and oxygen atoms in total. The van der Waals surface area contributed by atoms with Gasteiger partial charge in [-0.25, -0.2) is 4.98 Å². The minimum Gasteiger partial charge on any atom is -0.378 e. The van der Waals surface area contributed by atoms with Gasteiger partial charge in [0.2, 0.25) is 0 Å². The third kappa shape index (κ3) is 1.53. The summed E-state index contributed by atoms with van der Waals surface area (Å²) in [7, 11) is 1.69. The van der Waals surface area contributed by atoms with Gasteiger partial charge in [0, 0.05) is 24.1 Å². The van der Waals surface area contributed by atoms with Crippen LogP contribution in [0.5, 0.6) is 0 Å². The Morgan fingerprint density at radius 2 is 1.65 bits per heavy atom. The van der Waals surface area contributed by atoms with Gasteiger partial charge >= 0.3 is 0 Å². The molecule has 0 aliphatic carbocycles. The summed E-state index contributed by atoms with van der Waals surface area (Å²) in [5.74, 6) is 0. The Morgan fingerprint density at radius 1 is 0.950 bits per heavy atom. The fraction of sp³-hybridized carbons (Fsp3) is 0.118. The standard InChI is InChI=1S/C17H14N2O/c1-20-11-12-10-19-16-9-5-4-7-14(16)13-6-2-3-8-15(13)17(19)18-12/h2-10H,11H2,1H3. The largest absolute Gasteiger partial charge is 0.378 e. The molecule has 4 aromatic rings. The molecule has 0 radical (unpaired) electrons. The summed E-state index contributed by atoms with van der Waals surface area (Å²) in [4.78, 5) is 4.72. The van der Waals surface area contributed by atoms with E-state index >= 15 is 0 Å². The van der Waals surface area contributed by atoms with Gasteiger partial charge in [0.15, 0.2) is 0 Å². The van der Waals surface area contributed by atoms with Crippen LogP contribution >= 0.6 is 0 Å². The predicted molar refractivity (Wildman–Crippen MR) is 80.9 cm³/mol. The van der Waals surface area contributed by atoms with Crippen molar-refractivity contribution in [2.24, 2.45) is 0 Å². The molecule has 2 heterocycles. The molecule has 0 saturated carbocycles. The molecular weight excluding hydrogens is 248 g/mol. The molecule has 0 amide bonds. The number of ether oxygens (including phenoxy) is 1. The average Bonchev–Trinajstić information content (AvgIpc) is 2.92. The highest BCUT2D eigenvalue weighted by molar-refractivity contribution is 6.11. The Labute approximate surface area is 116 Å². The quantitative estimate of drug-likeness (QED) is 0.514. The van der Waals surface area contributed by atoms with Crippen LogP contribution in [0.15, 0.2) is 54.7 Å². The lowest BCUT2D eigenvalue weighted by Gasteiger charge is -2.07. The van der Waals surface area contributed by atoms with E-state index in [1.807, 2.05) is 0 Å². The number of methoxy groups -OCH3 is 1. The summed E-state index contributed by atoms with van der Waals surface area (Å²) in [5, 5.41) is 3.66. The van der Waals surface area contributed by atoms with E-state index < -0.39 is 0 Å². The third-order valence-corrected chi connectivity index (χ3v) is 3.67. The molecule has 2 aromatic heterocycles. The molecule has 0 N–H and O–H groups in total. The first-order valence-electron chi connectivity index (χ1n) is 6.65. The highest BCUT2D eigenvalue weighted by Gasteiger charge is 2.10. The van der Waals surface area contributed by atoms with Crippen molar-refractivity contribution in [3.8, 4) is 0 Å². The SMILES string of the molecule is COCc1cn2c3ccccc3c3ccccc3c2n1. The molecule has 0 spiro atoms. The lowest BCUT2D eigenvalue weighted by molar-refractivity contribution is 0.182. The molecule has 0 bridgehead atoms. The molecule has 0 atom stereocenters. The molecule has 98 valence electrons. The van der Waals surface area contributed by atoms with E-state index in [2.05, 4.69) is 59.1 Å². The zero-order valence-electron chi connectivity index (χ0n) is 11.2.